The number of para-hydroxylation sites is 1. The van der Waals surface area contributed by atoms with Crippen molar-refractivity contribution in [2.24, 2.45) is 11.7 Å². The Morgan fingerprint density at radius 1 is 1.00 bits per heavy atom. The first-order valence-electron chi connectivity index (χ1n) is 10.8. The molecule has 1 aliphatic heterocycles. The molecule has 0 bridgehead atoms. The number of thiazole rings is 1. The first kappa shape index (κ1) is 21.1. The normalized spacial score (nSPS) is 14.5. The van der Waals surface area contributed by atoms with Gasteiger partial charge in [-0.15, -0.1) is 11.3 Å². The van der Waals surface area contributed by atoms with E-state index < -0.39 is 0 Å². The molecule has 1 fully saturated rings. The molecule has 4 aromatic rings. The van der Waals surface area contributed by atoms with E-state index in [1.54, 1.807) is 22.4 Å². The van der Waals surface area contributed by atoms with Crippen molar-refractivity contribution < 1.29 is 9.59 Å². The van der Waals surface area contributed by atoms with Crippen LogP contribution in [0.4, 0.5) is 5.82 Å². The summed E-state index contributed by atoms with van der Waals surface area (Å²) in [5, 5.41) is 0.813. The number of carbonyl (C=O) groups is 2. The molecule has 4 N–H and O–H groups in total. The molecule has 5 rings (SSSR count). The largest absolute Gasteiger partial charge is 0.383 e. The van der Waals surface area contributed by atoms with E-state index in [0.717, 1.165) is 31.9 Å². The number of likely N-dealkylation sites (tertiary alicyclic amines) is 1. The number of hydrogen-bond donors (Lipinski definition) is 2. The standard InChI is InChI=1S/C25H23N5O2S/c26-22-19(24-29-20-6-1-2-7-21(20)33-24)13-18(14-28-22)16-4-3-5-17(12-16)25(32)30-10-8-15(9-11-30)23(27)31/h1-7,12-15H,8-11H2,(H2,26,28)(H2,27,31). The van der Waals surface area contributed by atoms with Gasteiger partial charge in [0.2, 0.25) is 5.91 Å². The van der Waals surface area contributed by atoms with E-state index in [1.165, 1.54) is 0 Å². The number of nitrogen functional groups attached to an aromatic ring is 1. The predicted octanol–water partition coefficient (Wildman–Crippen LogP) is 3.95. The average molecular weight is 458 g/mol. The zero-order valence-electron chi connectivity index (χ0n) is 17.9. The van der Waals surface area contributed by atoms with E-state index in [2.05, 4.69) is 4.98 Å². The third-order valence-corrected chi connectivity index (χ3v) is 7.14. The lowest BCUT2D eigenvalue weighted by Gasteiger charge is -2.30. The second-order valence-electron chi connectivity index (χ2n) is 8.19. The molecule has 1 aliphatic rings. The molecule has 0 unspecified atom stereocenters. The molecule has 2 aromatic heterocycles. The van der Waals surface area contributed by atoms with Gasteiger partial charge in [-0.3, -0.25) is 9.59 Å². The average Bonchev–Trinajstić information content (AvgIpc) is 3.28. The van der Waals surface area contributed by atoms with Crippen LogP contribution in [0.25, 0.3) is 31.9 Å². The molecular weight excluding hydrogens is 434 g/mol. The molecule has 0 aliphatic carbocycles. The fourth-order valence-electron chi connectivity index (χ4n) is 4.17. The van der Waals surface area contributed by atoms with Gasteiger partial charge in [-0.05, 0) is 48.7 Å². The summed E-state index contributed by atoms with van der Waals surface area (Å²) in [6.07, 6.45) is 2.93. The van der Waals surface area contributed by atoms with Crippen LogP contribution < -0.4 is 11.5 Å². The molecule has 8 heteroatoms. The topological polar surface area (TPSA) is 115 Å². The zero-order valence-corrected chi connectivity index (χ0v) is 18.7. The molecule has 166 valence electrons. The Kier molecular flexibility index (Phi) is 5.51. The number of benzene rings is 2. The number of amides is 2. The van der Waals surface area contributed by atoms with Gasteiger partial charge in [0.05, 0.1) is 15.8 Å². The number of nitrogens with two attached hydrogens (primary N) is 2. The van der Waals surface area contributed by atoms with Gasteiger partial charge in [0, 0.05) is 36.3 Å². The lowest BCUT2D eigenvalue weighted by Crippen LogP contribution is -2.41. The number of anilines is 1. The summed E-state index contributed by atoms with van der Waals surface area (Å²) in [6, 6.07) is 17.4. The molecule has 2 aromatic carbocycles. The number of piperidine rings is 1. The Balaban J connectivity index is 1.42. The van der Waals surface area contributed by atoms with E-state index in [0.29, 0.717) is 37.3 Å². The van der Waals surface area contributed by atoms with Crippen LogP contribution in [-0.2, 0) is 4.79 Å². The zero-order chi connectivity index (χ0) is 22.9. The number of hydrogen-bond acceptors (Lipinski definition) is 6. The van der Waals surface area contributed by atoms with E-state index in [4.69, 9.17) is 16.5 Å². The SMILES string of the molecule is NC(=O)C1CCN(C(=O)c2cccc(-c3cnc(N)c(-c4nc5ccccc5s4)c3)c2)CC1. The number of carbonyl (C=O) groups excluding carboxylic acids is 2. The van der Waals surface area contributed by atoms with Crippen LogP contribution in [0, 0.1) is 5.92 Å². The van der Waals surface area contributed by atoms with Crippen molar-refractivity contribution in [1.29, 1.82) is 0 Å². The van der Waals surface area contributed by atoms with Crippen LogP contribution in [0.1, 0.15) is 23.2 Å². The van der Waals surface area contributed by atoms with E-state index in [-0.39, 0.29) is 17.7 Å². The Labute approximate surface area is 195 Å². The molecular formula is C25H23N5O2S. The van der Waals surface area contributed by atoms with Gasteiger partial charge in [-0.1, -0.05) is 24.3 Å². The van der Waals surface area contributed by atoms with Crippen molar-refractivity contribution in [2.75, 3.05) is 18.8 Å². The van der Waals surface area contributed by atoms with Crippen LogP contribution in [-0.4, -0.2) is 39.8 Å². The Bertz CT molecular complexity index is 1320. The number of fused-ring (bicyclic) bond motifs is 1. The van der Waals surface area contributed by atoms with Crippen LogP contribution in [0.3, 0.4) is 0 Å². The minimum absolute atomic E-state index is 0.0467. The molecule has 7 nitrogen and oxygen atoms in total. The highest BCUT2D eigenvalue weighted by Gasteiger charge is 2.26. The highest BCUT2D eigenvalue weighted by atomic mass is 32.1. The lowest BCUT2D eigenvalue weighted by molar-refractivity contribution is -0.123. The van der Waals surface area contributed by atoms with Gasteiger partial charge in [-0.2, -0.15) is 0 Å². The fraction of sp³-hybridized carbons (Fsp3) is 0.200. The summed E-state index contributed by atoms with van der Waals surface area (Å²) in [5.41, 5.74) is 15.6. The van der Waals surface area contributed by atoms with Gasteiger partial charge in [0.1, 0.15) is 10.8 Å². The van der Waals surface area contributed by atoms with Gasteiger partial charge < -0.3 is 16.4 Å². The smallest absolute Gasteiger partial charge is 0.253 e. The van der Waals surface area contributed by atoms with E-state index in [1.807, 2.05) is 54.6 Å². The van der Waals surface area contributed by atoms with Crippen LogP contribution in [0.5, 0.6) is 0 Å². The quantitative estimate of drug-likeness (QED) is 0.482. The highest BCUT2D eigenvalue weighted by Crippen LogP contribution is 2.35. The highest BCUT2D eigenvalue weighted by molar-refractivity contribution is 7.21. The van der Waals surface area contributed by atoms with Crippen molar-refractivity contribution in [1.82, 2.24) is 14.9 Å². The van der Waals surface area contributed by atoms with Crippen molar-refractivity contribution >= 4 is 39.2 Å². The second-order valence-corrected chi connectivity index (χ2v) is 9.22. The summed E-state index contributed by atoms with van der Waals surface area (Å²) in [6.45, 7) is 1.06. The molecule has 0 saturated carbocycles. The third-order valence-electron chi connectivity index (χ3n) is 6.07. The molecule has 3 heterocycles. The van der Waals surface area contributed by atoms with Crippen LogP contribution in [0.2, 0.25) is 0 Å². The molecule has 0 spiro atoms. The van der Waals surface area contributed by atoms with Crippen LogP contribution in [0.15, 0.2) is 60.8 Å². The Morgan fingerprint density at radius 3 is 2.55 bits per heavy atom. The van der Waals surface area contributed by atoms with Crippen LogP contribution >= 0.6 is 11.3 Å². The first-order chi connectivity index (χ1) is 16.0. The number of pyridine rings is 1. The van der Waals surface area contributed by atoms with Crippen molar-refractivity contribution in [3.8, 4) is 21.7 Å². The van der Waals surface area contributed by atoms with Crippen molar-refractivity contribution in [3.63, 3.8) is 0 Å². The van der Waals surface area contributed by atoms with Gasteiger partial charge in [-0.25, -0.2) is 9.97 Å². The van der Waals surface area contributed by atoms with Gasteiger partial charge in [0.25, 0.3) is 5.91 Å². The molecule has 1 saturated heterocycles. The Hall–Kier alpha value is -3.78. The maximum atomic E-state index is 13.1. The second kappa shape index (κ2) is 8.63. The van der Waals surface area contributed by atoms with Crippen molar-refractivity contribution in [3.05, 3.63) is 66.4 Å². The molecule has 0 radical (unpaired) electrons. The molecule has 33 heavy (non-hydrogen) atoms. The molecule has 2 amide bonds. The lowest BCUT2D eigenvalue weighted by atomic mass is 9.95. The number of rotatable bonds is 4. The van der Waals surface area contributed by atoms with E-state index in [9.17, 15) is 9.59 Å². The molecule has 0 atom stereocenters. The van der Waals surface area contributed by atoms with Gasteiger partial charge in [0.15, 0.2) is 0 Å². The number of nitrogens with zero attached hydrogens (tertiary/aromatic N) is 3. The van der Waals surface area contributed by atoms with Crippen molar-refractivity contribution in [2.45, 2.75) is 12.8 Å². The predicted molar refractivity (Wildman–Crippen MR) is 131 cm³/mol. The number of primary amides is 1. The summed E-state index contributed by atoms with van der Waals surface area (Å²) < 4.78 is 1.09. The summed E-state index contributed by atoms with van der Waals surface area (Å²) >= 11 is 1.57. The minimum Gasteiger partial charge on any atom is -0.383 e. The number of aromatic nitrogens is 2. The third kappa shape index (κ3) is 4.17. The summed E-state index contributed by atoms with van der Waals surface area (Å²) in [4.78, 5) is 35.4. The minimum atomic E-state index is -0.288. The Morgan fingerprint density at radius 2 is 1.79 bits per heavy atom. The monoisotopic (exact) mass is 457 g/mol. The maximum Gasteiger partial charge on any atom is 0.253 e. The fourth-order valence-corrected chi connectivity index (χ4v) is 5.16. The van der Waals surface area contributed by atoms with E-state index >= 15 is 0 Å². The first-order valence-corrected chi connectivity index (χ1v) is 11.6. The maximum absolute atomic E-state index is 13.1. The summed E-state index contributed by atoms with van der Waals surface area (Å²) in [7, 11) is 0. The summed E-state index contributed by atoms with van der Waals surface area (Å²) in [5.74, 6) is -0.0667. The van der Waals surface area contributed by atoms with Gasteiger partial charge >= 0.3 is 0 Å².